The van der Waals surface area contributed by atoms with Gasteiger partial charge in [0.2, 0.25) is 0 Å². The molecule has 0 bridgehead atoms. The van der Waals surface area contributed by atoms with E-state index in [4.69, 9.17) is 16.2 Å². The summed E-state index contributed by atoms with van der Waals surface area (Å²) in [6.45, 7) is -1.40. The molecule has 17 heteroatoms. The highest BCUT2D eigenvalue weighted by Crippen LogP contribution is 2.60. The SMILES string of the molecule is NCCOP(=O)(O)OP(=O)(O)OCC1OC(n2ccc(N)nc2=O)C(O)C1O. The minimum Gasteiger partial charge on any atom is -0.387 e. The van der Waals surface area contributed by atoms with Crippen molar-refractivity contribution >= 4 is 21.5 Å². The molecule has 1 aromatic rings. The van der Waals surface area contributed by atoms with Gasteiger partial charge in [-0.15, -0.1) is 0 Å². The molecule has 6 atom stereocenters. The predicted octanol–water partition coefficient (Wildman–Crippen LogP) is -2.35. The highest BCUT2D eigenvalue weighted by atomic mass is 31.3. The second kappa shape index (κ2) is 9.07. The Morgan fingerprint density at radius 2 is 1.86 bits per heavy atom. The molecular weight excluding hydrogens is 426 g/mol. The van der Waals surface area contributed by atoms with E-state index >= 15 is 0 Å². The van der Waals surface area contributed by atoms with Crippen LogP contribution in [-0.2, 0) is 27.2 Å². The van der Waals surface area contributed by atoms with Crippen LogP contribution < -0.4 is 17.2 Å². The van der Waals surface area contributed by atoms with E-state index in [2.05, 4.69) is 18.3 Å². The van der Waals surface area contributed by atoms with Crippen LogP contribution in [0.3, 0.4) is 0 Å². The maximum Gasteiger partial charge on any atom is 0.481 e. The Morgan fingerprint density at radius 3 is 2.46 bits per heavy atom. The lowest BCUT2D eigenvalue weighted by atomic mass is 10.1. The second-order valence-corrected chi connectivity index (χ2v) is 8.57. The van der Waals surface area contributed by atoms with Crippen molar-refractivity contribution in [2.45, 2.75) is 24.5 Å². The van der Waals surface area contributed by atoms with Gasteiger partial charge in [-0.3, -0.25) is 13.6 Å². The smallest absolute Gasteiger partial charge is 0.387 e. The first-order valence-corrected chi connectivity index (χ1v) is 10.7. The van der Waals surface area contributed by atoms with Gasteiger partial charge in [0.15, 0.2) is 6.23 Å². The maximum atomic E-state index is 11.8. The quantitative estimate of drug-likeness (QED) is 0.218. The summed E-state index contributed by atoms with van der Waals surface area (Å²) in [7, 11) is -10.0. The predicted molar refractivity (Wildman–Crippen MR) is 90.5 cm³/mol. The molecule has 0 amide bonds. The maximum absolute atomic E-state index is 11.8. The molecular formula is C11H20N4O11P2. The molecule has 0 radical (unpaired) electrons. The number of anilines is 1. The Morgan fingerprint density at radius 1 is 1.21 bits per heavy atom. The summed E-state index contributed by atoms with van der Waals surface area (Å²) in [5, 5.41) is 20.1. The number of nitrogen functional groups attached to an aromatic ring is 1. The van der Waals surface area contributed by atoms with Crippen molar-refractivity contribution in [1.82, 2.24) is 9.55 Å². The second-order valence-electron chi connectivity index (χ2n) is 5.52. The number of phosphoric acid groups is 2. The zero-order valence-corrected chi connectivity index (χ0v) is 16.0. The third kappa shape index (κ3) is 5.89. The summed E-state index contributed by atoms with van der Waals surface area (Å²) < 4.78 is 42.2. The molecule has 1 aliphatic heterocycles. The van der Waals surface area contributed by atoms with Gasteiger partial charge in [-0.2, -0.15) is 9.29 Å². The molecule has 160 valence electrons. The average Bonchev–Trinajstić information content (AvgIpc) is 2.86. The first kappa shape index (κ1) is 23.1. The Kier molecular flexibility index (Phi) is 7.47. The van der Waals surface area contributed by atoms with E-state index in [1.807, 2.05) is 0 Å². The highest BCUT2D eigenvalue weighted by molar-refractivity contribution is 7.61. The van der Waals surface area contributed by atoms with Crippen LogP contribution in [0.4, 0.5) is 5.82 Å². The van der Waals surface area contributed by atoms with Gasteiger partial charge >= 0.3 is 21.3 Å². The van der Waals surface area contributed by atoms with Crippen LogP contribution in [0.5, 0.6) is 0 Å². The fourth-order valence-corrected chi connectivity index (χ4v) is 4.32. The molecule has 15 nitrogen and oxygen atoms in total. The molecule has 0 aliphatic carbocycles. The highest BCUT2D eigenvalue weighted by Gasteiger charge is 2.46. The van der Waals surface area contributed by atoms with E-state index in [-0.39, 0.29) is 12.4 Å². The molecule has 1 aromatic heterocycles. The number of nitrogens with two attached hydrogens (primary N) is 2. The van der Waals surface area contributed by atoms with Crippen molar-refractivity contribution in [3.8, 4) is 0 Å². The van der Waals surface area contributed by atoms with Gasteiger partial charge < -0.3 is 36.2 Å². The van der Waals surface area contributed by atoms with Gasteiger partial charge in [0, 0.05) is 12.7 Å². The normalized spacial score (nSPS) is 29.3. The lowest BCUT2D eigenvalue weighted by molar-refractivity contribution is -0.0542. The van der Waals surface area contributed by atoms with Crippen molar-refractivity contribution in [2.24, 2.45) is 5.73 Å². The van der Waals surface area contributed by atoms with Gasteiger partial charge in [-0.25, -0.2) is 13.9 Å². The van der Waals surface area contributed by atoms with E-state index < -0.39 is 59.1 Å². The zero-order valence-electron chi connectivity index (χ0n) is 14.2. The molecule has 1 saturated heterocycles. The summed E-state index contributed by atoms with van der Waals surface area (Å²) in [6, 6.07) is 1.25. The van der Waals surface area contributed by atoms with Crippen LogP contribution in [0.1, 0.15) is 6.23 Å². The first-order valence-electron chi connectivity index (χ1n) is 7.68. The number of phosphoric ester groups is 2. The van der Waals surface area contributed by atoms with E-state index in [1.54, 1.807) is 0 Å². The standard InChI is InChI=1S/C11H20N4O11P2/c12-2-4-23-27(19,20)26-28(21,22)24-5-6-8(16)9(17)10(25-6)15-3-1-7(13)14-11(15)18/h1,3,6,8-10,16-17H,2,4-5,12H2,(H,19,20)(H,21,22)(H2,13,14,18). The summed E-state index contributed by atoms with van der Waals surface area (Å²) in [4.78, 5) is 34.1. The van der Waals surface area contributed by atoms with E-state index in [9.17, 15) is 33.9 Å². The molecule has 8 N–H and O–H groups in total. The average molecular weight is 446 g/mol. The van der Waals surface area contributed by atoms with E-state index in [0.29, 0.717) is 0 Å². The van der Waals surface area contributed by atoms with Crippen molar-refractivity contribution in [1.29, 1.82) is 0 Å². The minimum atomic E-state index is -5.11. The summed E-state index contributed by atoms with van der Waals surface area (Å²) in [5.41, 5.74) is 9.56. The fraction of sp³-hybridized carbons (Fsp3) is 0.636. The molecule has 0 aromatic carbocycles. The molecule has 28 heavy (non-hydrogen) atoms. The Labute approximate surface area is 157 Å². The van der Waals surface area contributed by atoms with Crippen molar-refractivity contribution in [3.63, 3.8) is 0 Å². The van der Waals surface area contributed by atoms with E-state index in [1.165, 1.54) is 12.3 Å². The number of hydrogen-bond acceptors (Lipinski definition) is 12. The lowest BCUT2D eigenvalue weighted by Crippen LogP contribution is -2.36. The molecule has 6 unspecified atom stereocenters. The van der Waals surface area contributed by atoms with Crippen molar-refractivity contribution in [3.05, 3.63) is 22.7 Å². The molecule has 2 rings (SSSR count). The Bertz CT molecular complexity index is 835. The first-order chi connectivity index (χ1) is 13.0. The van der Waals surface area contributed by atoms with Crippen LogP contribution in [-0.4, -0.2) is 67.6 Å². The summed E-state index contributed by atoms with van der Waals surface area (Å²) in [6.07, 6.45) is -4.86. The van der Waals surface area contributed by atoms with Crippen LogP contribution in [0, 0.1) is 0 Å². The van der Waals surface area contributed by atoms with E-state index in [0.717, 1.165) is 4.57 Å². The van der Waals surface area contributed by atoms with Crippen LogP contribution >= 0.6 is 15.6 Å². The number of aromatic nitrogens is 2. The molecule has 1 fully saturated rings. The number of aliphatic hydroxyl groups excluding tert-OH is 2. The third-order valence-electron chi connectivity index (χ3n) is 3.44. The number of nitrogens with zero attached hydrogens (tertiary/aromatic N) is 2. The largest absolute Gasteiger partial charge is 0.481 e. The summed E-state index contributed by atoms with van der Waals surface area (Å²) >= 11 is 0. The molecule has 2 heterocycles. The molecule has 1 aliphatic rings. The Balaban J connectivity index is 2.02. The van der Waals surface area contributed by atoms with Gasteiger partial charge in [0.25, 0.3) is 0 Å². The number of rotatable bonds is 9. The molecule has 0 spiro atoms. The minimum absolute atomic E-state index is 0.0715. The Hall–Kier alpha value is -1.22. The third-order valence-corrected chi connectivity index (χ3v) is 6.08. The van der Waals surface area contributed by atoms with Crippen LogP contribution in [0.15, 0.2) is 17.1 Å². The number of hydrogen-bond donors (Lipinski definition) is 6. The fourth-order valence-electron chi connectivity index (χ4n) is 2.23. The van der Waals surface area contributed by atoms with Crippen molar-refractivity contribution in [2.75, 3.05) is 25.5 Å². The van der Waals surface area contributed by atoms with Crippen LogP contribution in [0.25, 0.3) is 0 Å². The lowest BCUT2D eigenvalue weighted by Gasteiger charge is -2.19. The number of aliphatic hydroxyl groups is 2. The number of ether oxygens (including phenoxy) is 1. The van der Waals surface area contributed by atoms with Gasteiger partial charge in [0.05, 0.1) is 13.2 Å². The van der Waals surface area contributed by atoms with Gasteiger partial charge in [0.1, 0.15) is 24.1 Å². The topological polar surface area (TPSA) is 239 Å². The van der Waals surface area contributed by atoms with Crippen molar-refractivity contribution < 1.29 is 47.2 Å². The molecule has 0 saturated carbocycles. The summed E-state index contributed by atoms with van der Waals surface area (Å²) in [5.74, 6) is -0.0715. The monoisotopic (exact) mass is 446 g/mol. The van der Waals surface area contributed by atoms with Crippen LogP contribution in [0.2, 0.25) is 0 Å². The zero-order chi connectivity index (χ0) is 21.1. The van der Waals surface area contributed by atoms with Gasteiger partial charge in [-0.05, 0) is 6.07 Å². The van der Waals surface area contributed by atoms with Gasteiger partial charge in [-0.1, -0.05) is 0 Å².